The first-order valence-electron chi connectivity index (χ1n) is 5.75. The van der Waals surface area contributed by atoms with Crippen LogP contribution in [0.5, 0.6) is 0 Å². The minimum Gasteiger partial charge on any atom is -0.481 e. The van der Waals surface area contributed by atoms with Crippen LogP contribution in [0, 0.1) is 5.92 Å². The molecule has 0 unspecified atom stereocenters. The van der Waals surface area contributed by atoms with E-state index in [2.05, 4.69) is 0 Å². The molecule has 0 radical (unpaired) electrons. The van der Waals surface area contributed by atoms with Crippen molar-refractivity contribution in [1.29, 1.82) is 0 Å². The van der Waals surface area contributed by atoms with Crippen molar-refractivity contribution >= 4 is 12.0 Å². The second-order valence-electron chi connectivity index (χ2n) is 4.30. The average molecular weight is 228 g/mol. The van der Waals surface area contributed by atoms with Crippen LogP contribution in [0.1, 0.15) is 26.7 Å². The average Bonchev–Trinajstić information content (AvgIpc) is 2.16. The Morgan fingerprint density at radius 3 is 2.25 bits per heavy atom. The van der Waals surface area contributed by atoms with E-state index in [9.17, 15) is 9.59 Å². The highest BCUT2D eigenvalue weighted by molar-refractivity contribution is 5.79. The molecule has 92 valence electrons. The minimum atomic E-state index is -0.811. The standard InChI is InChI=1S/C11H20N2O3/c1-4-9(5-2)12(3)11(16)13-6-8(7-13)10(14)15/h8-9H,4-7H2,1-3H3,(H,14,15). The number of carbonyl (C=O) groups excluding carboxylic acids is 1. The van der Waals surface area contributed by atoms with Crippen LogP contribution in [0.2, 0.25) is 0 Å². The Morgan fingerprint density at radius 2 is 1.88 bits per heavy atom. The summed E-state index contributed by atoms with van der Waals surface area (Å²) in [5.41, 5.74) is 0. The van der Waals surface area contributed by atoms with Crippen LogP contribution in [0.15, 0.2) is 0 Å². The maximum Gasteiger partial charge on any atom is 0.320 e. The van der Waals surface area contributed by atoms with Crippen molar-refractivity contribution < 1.29 is 14.7 Å². The summed E-state index contributed by atoms with van der Waals surface area (Å²) < 4.78 is 0. The maximum absolute atomic E-state index is 11.9. The predicted octanol–water partition coefficient (Wildman–Crippen LogP) is 1.24. The van der Waals surface area contributed by atoms with Gasteiger partial charge in [-0.3, -0.25) is 4.79 Å². The number of hydrogen-bond donors (Lipinski definition) is 1. The number of rotatable bonds is 4. The smallest absolute Gasteiger partial charge is 0.320 e. The normalized spacial score (nSPS) is 16.1. The van der Waals surface area contributed by atoms with Crippen LogP contribution in [-0.4, -0.2) is 53.1 Å². The van der Waals surface area contributed by atoms with E-state index in [-0.39, 0.29) is 18.0 Å². The van der Waals surface area contributed by atoms with Gasteiger partial charge >= 0.3 is 12.0 Å². The first kappa shape index (κ1) is 12.8. The van der Waals surface area contributed by atoms with Crippen LogP contribution in [0.4, 0.5) is 4.79 Å². The number of nitrogens with zero attached hydrogens (tertiary/aromatic N) is 2. The van der Waals surface area contributed by atoms with E-state index in [1.165, 1.54) is 0 Å². The third kappa shape index (κ3) is 2.46. The van der Waals surface area contributed by atoms with Gasteiger partial charge in [0.1, 0.15) is 0 Å². The quantitative estimate of drug-likeness (QED) is 0.787. The molecule has 1 aliphatic rings. The van der Waals surface area contributed by atoms with Crippen molar-refractivity contribution in [3.8, 4) is 0 Å². The molecule has 1 N–H and O–H groups in total. The van der Waals surface area contributed by atoms with Crippen LogP contribution in [0.3, 0.4) is 0 Å². The van der Waals surface area contributed by atoms with Gasteiger partial charge < -0.3 is 14.9 Å². The van der Waals surface area contributed by atoms with Crippen molar-refractivity contribution in [2.24, 2.45) is 5.92 Å². The van der Waals surface area contributed by atoms with E-state index in [1.54, 1.807) is 16.8 Å². The second kappa shape index (κ2) is 5.18. The zero-order valence-electron chi connectivity index (χ0n) is 10.1. The second-order valence-corrected chi connectivity index (χ2v) is 4.30. The molecule has 0 atom stereocenters. The molecule has 0 aromatic rings. The number of carboxylic acid groups (broad SMARTS) is 1. The summed E-state index contributed by atoms with van der Waals surface area (Å²) in [6.45, 7) is 4.79. The van der Waals surface area contributed by atoms with Gasteiger partial charge in [-0.2, -0.15) is 0 Å². The van der Waals surface area contributed by atoms with Crippen LogP contribution in [-0.2, 0) is 4.79 Å². The molecule has 0 spiro atoms. The van der Waals surface area contributed by atoms with Crippen LogP contribution >= 0.6 is 0 Å². The molecule has 0 bridgehead atoms. The molecule has 0 aromatic heterocycles. The minimum absolute atomic E-state index is 0.0498. The molecule has 1 fully saturated rings. The number of urea groups is 1. The first-order chi connectivity index (χ1) is 7.51. The summed E-state index contributed by atoms with van der Waals surface area (Å²) in [4.78, 5) is 25.8. The van der Waals surface area contributed by atoms with Crippen molar-refractivity contribution in [2.75, 3.05) is 20.1 Å². The Labute approximate surface area is 96.0 Å². The molecular weight excluding hydrogens is 208 g/mol. The van der Waals surface area contributed by atoms with Gasteiger partial charge in [0.2, 0.25) is 0 Å². The molecule has 0 aromatic carbocycles. The van der Waals surface area contributed by atoms with E-state index in [0.29, 0.717) is 13.1 Å². The molecule has 0 saturated carbocycles. The summed E-state index contributed by atoms with van der Waals surface area (Å²) in [6.07, 6.45) is 1.85. The van der Waals surface area contributed by atoms with E-state index in [1.807, 2.05) is 13.8 Å². The van der Waals surface area contributed by atoms with Gasteiger partial charge in [0.25, 0.3) is 0 Å². The lowest BCUT2D eigenvalue weighted by molar-refractivity contribution is -0.146. The summed E-state index contributed by atoms with van der Waals surface area (Å²) in [6, 6.07) is 0.197. The van der Waals surface area contributed by atoms with E-state index in [0.717, 1.165) is 12.8 Å². The zero-order valence-corrected chi connectivity index (χ0v) is 10.1. The number of carboxylic acids is 1. The summed E-state index contributed by atoms with van der Waals surface area (Å²) in [5.74, 6) is -1.19. The molecule has 2 amide bonds. The lowest BCUT2D eigenvalue weighted by atomic mass is 10.0. The van der Waals surface area contributed by atoms with Gasteiger partial charge in [-0.1, -0.05) is 13.8 Å². The molecule has 5 heteroatoms. The number of carbonyl (C=O) groups is 2. The predicted molar refractivity (Wildman–Crippen MR) is 60.2 cm³/mol. The third-order valence-electron chi connectivity index (χ3n) is 3.29. The van der Waals surface area contributed by atoms with Crippen LogP contribution < -0.4 is 0 Å². The van der Waals surface area contributed by atoms with Crippen molar-refractivity contribution in [3.05, 3.63) is 0 Å². The molecule has 1 heterocycles. The Balaban J connectivity index is 2.45. The van der Waals surface area contributed by atoms with Gasteiger partial charge in [0, 0.05) is 26.2 Å². The zero-order chi connectivity index (χ0) is 12.3. The maximum atomic E-state index is 11.9. The molecule has 0 aliphatic carbocycles. The van der Waals surface area contributed by atoms with Crippen molar-refractivity contribution in [1.82, 2.24) is 9.80 Å². The summed E-state index contributed by atoms with van der Waals surface area (Å²) in [5, 5.41) is 8.72. The number of hydrogen-bond acceptors (Lipinski definition) is 2. The Hall–Kier alpha value is -1.26. The molecule has 1 aliphatic heterocycles. The molecule has 5 nitrogen and oxygen atoms in total. The summed E-state index contributed by atoms with van der Waals surface area (Å²) in [7, 11) is 1.79. The topological polar surface area (TPSA) is 60.9 Å². The fourth-order valence-corrected chi connectivity index (χ4v) is 2.01. The Morgan fingerprint density at radius 1 is 1.38 bits per heavy atom. The number of amides is 2. The SMILES string of the molecule is CCC(CC)N(C)C(=O)N1CC(C(=O)O)C1. The monoisotopic (exact) mass is 228 g/mol. The lowest BCUT2D eigenvalue weighted by Gasteiger charge is -2.40. The Kier molecular flexibility index (Phi) is 4.15. The van der Waals surface area contributed by atoms with Crippen molar-refractivity contribution in [2.45, 2.75) is 32.7 Å². The van der Waals surface area contributed by atoms with Gasteiger partial charge in [-0.15, -0.1) is 0 Å². The largest absolute Gasteiger partial charge is 0.481 e. The van der Waals surface area contributed by atoms with Gasteiger partial charge in [-0.05, 0) is 12.8 Å². The fourth-order valence-electron chi connectivity index (χ4n) is 2.01. The lowest BCUT2D eigenvalue weighted by Crippen LogP contribution is -2.57. The Bertz CT molecular complexity index is 270. The van der Waals surface area contributed by atoms with Gasteiger partial charge in [0.05, 0.1) is 5.92 Å². The number of likely N-dealkylation sites (tertiary alicyclic amines) is 1. The van der Waals surface area contributed by atoms with E-state index >= 15 is 0 Å². The fraction of sp³-hybridized carbons (Fsp3) is 0.818. The summed E-state index contributed by atoms with van der Waals surface area (Å²) >= 11 is 0. The van der Waals surface area contributed by atoms with E-state index < -0.39 is 5.97 Å². The third-order valence-corrected chi connectivity index (χ3v) is 3.29. The van der Waals surface area contributed by atoms with Gasteiger partial charge in [-0.25, -0.2) is 4.79 Å². The van der Waals surface area contributed by atoms with Gasteiger partial charge in [0.15, 0.2) is 0 Å². The van der Waals surface area contributed by atoms with Crippen LogP contribution in [0.25, 0.3) is 0 Å². The highest BCUT2D eigenvalue weighted by Gasteiger charge is 2.37. The van der Waals surface area contributed by atoms with Crippen molar-refractivity contribution in [3.63, 3.8) is 0 Å². The highest BCUT2D eigenvalue weighted by Crippen LogP contribution is 2.19. The molecule has 16 heavy (non-hydrogen) atoms. The molecule has 1 rings (SSSR count). The van der Waals surface area contributed by atoms with E-state index in [4.69, 9.17) is 5.11 Å². The first-order valence-corrected chi connectivity index (χ1v) is 5.75. The highest BCUT2D eigenvalue weighted by atomic mass is 16.4. The number of aliphatic carboxylic acids is 1. The molecular formula is C11H20N2O3. The molecule has 1 saturated heterocycles.